The molecule has 0 spiro atoms. The van der Waals surface area contributed by atoms with Crippen LogP contribution in [-0.4, -0.2) is 35.1 Å². The lowest BCUT2D eigenvalue weighted by Crippen LogP contribution is -2.30. The highest BCUT2D eigenvalue weighted by molar-refractivity contribution is 6.01. The number of amides is 1. The number of nitrogens with zero attached hydrogens (tertiary/aromatic N) is 2. The maximum atomic E-state index is 13.3. The van der Waals surface area contributed by atoms with Crippen molar-refractivity contribution in [1.29, 1.82) is 0 Å². The Morgan fingerprint density at radius 3 is 2.55 bits per heavy atom. The van der Waals surface area contributed by atoms with Crippen molar-refractivity contribution in [1.82, 2.24) is 9.47 Å². The Morgan fingerprint density at radius 1 is 1.00 bits per heavy atom. The Morgan fingerprint density at radius 2 is 1.72 bits per heavy atom. The topological polar surface area (TPSA) is 34.5 Å². The summed E-state index contributed by atoms with van der Waals surface area (Å²) in [5, 5.41) is 1.23. The molecule has 1 amide bonds. The molecule has 2 heterocycles. The lowest BCUT2D eigenvalue weighted by Gasteiger charge is -2.26. The molecule has 1 aromatic heterocycles. The van der Waals surface area contributed by atoms with Crippen LogP contribution in [0.15, 0.2) is 48.5 Å². The number of para-hydroxylation sites is 1. The number of aromatic nitrogens is 1. The lowest BCUT2D eigenvalue weighted by atomic mass is 9.95. The Hall–Kier alpha value is -2.59. The zero-order valence-corrected chi connectivity index (χ0v) is 17.6. The molecule has 1 aliphatic heterocycles. The van der Waals surface area contributed by atoms with Crippen LogP contribution in [-0.2, 0) is 11.8 Å². The molecule has 4 heteroatoms. The molecule has 1 aliphatic rings. The van der Waals surface area contributed by atoms with Gasteiger partial charge in [0, 0.05) is 54.5 Å². The number of unbranched alkanes of at least 4 members (excludes halogenated alkanes) is 1. The van der Waals surface area contributed by atoms with Gasteiger partial charge in [0.25, 0.3) is 5.91 Å². The summed E-state index contributed by atoms with van der Waals surface area (Å²) in [6.45, 7) is 6.53. The van der Waals surface area contributed by atoms with Crippen molar-refractivity contribution in [3.05, 3.63) is 70.9 Å². The zero-order chi connectivity index (χ0) is 20.4. The van der Waals surface area contributed by atoms with E-state index in [1.807, 2.05) is 23.1 Å². The third-order valence-corrected chi connectivity index (χ3v) is 6.11. The maximum Gasteiger partial charge on any atom is 0.255 e. The number of benzene rings is 2. The first-order valence-electron chi connectivity index (χ1n) is 10.7. The van der Waals surface area contributed by atoms with E-state index in [-0.39, 0.29) is 11.9 Å². The van der Waals surface area contributed by atoms with Crippen LogP contribution < -0.4 is 0 Å². The standard InChI is InChI=1S/C25H30N2O2/c1-4-5-16-29-17-10-15-27-24(19-11-6-7-12-20(19)25(27)28)23-18(2)26(3)22-14-9-8-13-21(22)23/h6-9,11-14,24H,4-5,10,15-17H2,1-3H3. The zero-order valence-electron chi connectivity index (χ0n) is 17.6. The van der Waals surface area contributed by atoms with Crippen molar-refractivity contribution >= 4 is 16.8 Å². The normalized spacial score (nSPS) is 16.0. The van der Waals surface area contributed by atoms with Gasteiger partial charge in [-0.1, -0.05) is 49.7 Å². The number of hydrogen-bond acceptors (Lipinski definition) is 2. The Kier molecular flexibility index (Phi) is 5.72. The van der Waals surface area contributed by atoms with Crippen molar-refractivity contribution in [2.24, 2.45) is 7.05 Å². The SMILES string of the molecule is CCCCOCCCN1C(=O)c2ccccc2C1c1c(C)n(C)c2ccccc12. The summed E-state index contributed by atoms with van der Waals surface area (Å²) < 4.78 is 7.98. The fourth-order valence-corrected chi connectivity index (χ4v) is 4.49. The van der Waals surface area contributed by atoms with Crippen molar-refractivity contribution < 1.29 is 9.53 Å². The predicted molar refractivity (Wildman–Crippen MR) is 117 cm³/mol. The molecule has 0 saturated heterocycles. The monoisotopic (exact) mass is 390 g/mol. The van der Waals surface area contributed by atoms with Gasteiger partial charge in [0.2, 0.25) is 0 Å². The van der Waals surface area contributed by atoms with E-state index in [9.17, 15) is 4.79 Å². The van der Waals surface area contributed by atoms with E-state index in [0.717, 1.165) is 37.0 Å². The molecule has 0 fully saturated rings. The molecule has 0 bridgehead atoms. The van der Waals surface area contributed by atoms with E-state index >= 15 is 0 Å². The second-order valence-corrected chi connectivity index (χ2v) is 7.88. The molecular formula is C25H30N2O2. The molecule has 0 N–H and O–H groups in total. The highest BCUT2D eigenvalue weighted by atomic mass is 16.5. The van der Waals surface area contributed by atoms with E-state index < -0.39 is 0 Å². The summed E-state index contributed by atoms with van der Waals surface area (Å²) in [5.41, 5.74) is 5.61. The average molecular weight is 391 g/mol. The lowest BCUT2D eigenvalue weighted by molar-refractivity contribution is 0.0709. The minimum Gasteiger partial charge on any atom is -0.381 e. The molecule has 29 heavy (non-hydrogen) atoms. The van der Waals surface area contributed by atoms with Gasteiger partial charge in [0.05, 0.1) is 6.04 Å². The number of aryl methyl sites for hydroxylation is 1. The van der Waals surface area contributed by atoms with Gasteiger partial charge < -0.3 is 14.2 Å². The molecule has 152 valence electrons. The quantitative estimate of drug-likeness (QED) is 0.493. The number of ether oxygens (including phenoxy) is 1. The summed E-state index contributed by atoms with van der Waals surface area (Å²) in [6, 6.07) is 16.5. The summed E-state index contributed by atoms with van der Waals surface area (Å²) in [7, 11) is 2.11. The van der Waals surface area contributed by atoms with Crippen LogP contribution in [0.1, 0.15) is 59.4 Å². The van der Waals surface area contributed by atoms with E-state index in [0.29, 0.717) is 13.2 Å². The van der Waals surface area contributed by atoms with Crippen LogP contribution in [0.2, 0.25) is 0 Å². The molecule has 4 rings (SSSR count). The van der Waals surface area contributed by atoms with E-state index in [4.69, 9.17) is 4.74 Å². The molecule has 1 atom stereocenters. The van der Waals surface area contributed by atoms with Crippen molar-refractivity contribution in [3.8, 4) is 0 Å². The highest BCUT2D eigenvalue weighted by Crippen LogP contribution is 2.43. The second-order valence-electron chi connectivity index (χ2n) is 7.88. The van der Waals surface area contributed by atoms with Gasteiger partial charge in [-0.15, -0.1) is 0 Å². The van der Waals surface area contributed by atoms with Gasteiger partial charge in [0.15, 0.2) is 0 Å². The molecular weight excluding hydrogens is 360 g/mol. The van der Waals surface area contributed by atoms with Crippen LogP contribution in [0.4, 0.5) is 0 Å². The third kappa shape index (κ3) is 3.46. The smallest absolute Gasteiger partial charge is 0.255 e. The molecule has 0 radical (unpaired) electrons. The van der Waals surface area contributed by atoms with Crippen LogP contribution in [0.25, 0.3) is 10.9 Å². The summed E-state index contributed by atoms with van der Waals surface area (Å²) >= 11 is 0. The molecule has 3 aromatic rings. The summed E-state index contributed by atoms with van der Waals surface area (Å²) in [5.74, 6) is 0.131. The molecule has 2 aromatic carbocycles. The van der Waals surface area contributed by atoms with Gasteiger partial charge >= 0.3 is 0 Å². The Balaban J connectivity index is 1.69. The second kappa shape index (κ2) is 8.42. The van der Waals surface area contributed by atoms with Gasteiger partial charge in [-0.2, -0.15) is 0 Å². The van der Waals surface area contributed by atoms with Gasteiger partial charge in [0.1, 0.15) is 0 Å². The van der Waals surface area contributed by atoms with Crippen LogP contribution in [0.3, 0.4) is 0 Å². The number of carbonyl (C=O) groups is 1. The Bertz CT molecular complexity index is 1020. The number of fused-ring (bicyclic) bond motifs is 2. The van der Waals surface area contributed by atoms with Gasteiger partial charge in [-0.05, 0) is 37.5 Å². The number of hydrogen-bond donors (Lipinski definition) is 0. The third-order valence-electron chi connectivity index (χ3n) is 6.11. The van der Waals surface area contributed by atoms with Crippen LogP contribution in [0.5, 0.6) is 0 Å². The van der Waals surface area contributed by atoms with Gasteiger partial charge in [-0.3, -0.25) is 4.79 Å². The first-order valence-corrected chi connectivity index (χ1v) is 10.7. The van der Waals surface area contributed by atoms with Crippen molar-refractivity contribution in [2.75, 3.05) is 19.8 Å². The molecule has 0 aliphatic carbocycles. The van der Waals surface area contributed by atoms with Gasteiger partial charge in [-0.25, -0.2) is 0 Å². The number of carbonyl (C=O) groups excluding carboxylic acids is 1. The van der Waals surface area contributed by atoms with E-state index in [1.54, 1.807) is 0 Å². The fourth-order valence-electron chi connectivity index (χ4n) is 4.49. The first-order chi connectivity index (χ1) is 14.1. The fraction of sp³-hybridized carbons (Fsp3) is 0.400. The predicted octanol–water partition coefficient (Wildman–Crippen LogP) is 5.24. The minimum atomic E-state index is -0.0413. The van der Waals surface area contributed by atoms with Crippen molar-refractivity contribution in [3.63, 3.8) is 0 Å². The molecule has 4 nitrogen and oxygen atoms in total. The summed E-state index contributed by atoms with van der Waals surface area (Å²) in [4.78, 5) is 15.3. The van der Waals surface area contributed by atoms with E-state index in [2.05, 4.69) is 55.8 Å². The number of rotatable bonds is 8. The van der Waals surface area contributed by atoms with Crippen LogP contribution in [0, 0.1) is 6.92 Å². The van der Waals surface area contributed by atoms with Crippen molar-refractivity contribution in [2.45, 2.75) is 39.2 Å². The van der Waals surface area contributed by atoms with Crippen LogP contribution >= 0.6 is 0 Å². The highest BCUT2D eigenvalue weighted by Gasteiger charge is 2.39. The first kappa shape index (κ1) is 19.7. The maximum absolute atomic E-state index is 13.3. The molecule has 0 saturated carbocycles. The summed E-state index contributed by atoms with van der Waals surface area (Å²) in [6.07, 6.45) is 3.08. The average Bonchev–Trinajstić information content (AvgIpc) is 3.16. The Labute approximate surface area is 173 Å². The minimum absolute atomic E-state index is 0.0413. The largest absolute Gasteiger partial charge is 0.381 e. The van der Waals surface area contributed by atoms with E-state index in [1.165, 1.54) is 22.2 Å². The molecule has 1 unspecified atom stereocenters.